The normalized spacial score (nSPS) is 26.6. The Morgan fingerprint density at radius 1 is 1.29 bits per heavy atom. The Bertz CT molecular complexity index is 273. The fourth-order valence-electron chi connectivity index (χ4n) is 2.14. The van der Waals surface area contributed by atoms with Crippen molar-refractivity contribution in [3.05, 3.63) is 35.9 Å². The van der Waals surface area contributed by atoms with Crippen LogP contribution in [-0.4, -0.2) is 24.3 Å². The molecule has 1 aliphatic rings. The number of nitrogens with one attached hydrogen (secondary N) is 1. The molecule has 1 fully saturated rings. The Morgan fingerprint density at radius 2 is 2.07 bits per heavy atom. The molecule has 1 heterocycles. The van der Waals surface area contributed by atoms with Gasteiger partial charge in [0.2, 0.25) is 0 Å². The first-order valence-electron chi connectivity index (χ1n) is 5.26. The first kappa shape index (κ1) is 9.69. The fraction of sp³-hybridized carbons (Fsp3) is 0.500. The average molecular weight is 191 g/mol. The van der Waals surface area contributed by atoms with Crippen molar-refractivity contribution in [2.45, 2.75) is 18.9 Å². The van der Waals surface area contributed by atoms with Crippen LogP contribution in [0.3, 0.4) is 0 Å². The summed E-state index contributed by atoms with van der Waals surface area (Å²) >= 11 is 0. The Balaban J connectivity index is 1.88. The van der Waals surface area contributed by atoms with Crippen LogP contribution in [0, 0.1) is 5.92 Å². The smallest absolute Gasteiger partial charge is 0.0584 e. The lowest BCUT2D eigenvalue weighted by Gasteiger charge is -2.08. The molecule has 1 saturated heterocycles. The summed E-state index contributed by atoms with van der Waals surface area (Å²) in [6.45, 7) is 1.31. The summed E-state index contributed by atoms with van der Waals surface area (Å²) < 4.78 is 0. The standard InChI is InChI=1S/C12H17NO/c14-9-12-7-11(8-13-12)6-10-4-2-1-3-5-10/h1-5,11-14H,6-9H2. The molecule has 2 unspecified atom stereocenters. The minimum Gasteiger partial charge on any atom is -0.395 e. The number of hydrogen-bond acceptors (Lipinski definition) is 2. The molecule has 1 aliphatic heterocycles. The van der Waals surface area contributed by atoms with E-state index in [4.69, 9.17) is 5.11 Å². The second-order valence-electron chi connectivity index (χ2n) is 4.08. The van der Waals surface area contributed by atoms with E-state index in [-0.39, 0.29) is 6.61 Å². The summed E-state index contributed by atoms with van der Waals surface area (Å²) in [5.74, 6) is 0.689. The van der Waals surface area contributed by atoms with Crippen molar-refractivity contribution >= 4 is 0 Å². The molecule has 2 rings (SSSR count). The molecule has 0 radical (unpaired) electrons. The van der Waals surface area contributed by atoms with Crippen LogP contribution in [0.15, 0.2) is 30.3 Å². The molecule has 2 nitrogen and oxygen atoms in total. The molecule has 76 valence electrons. The lowest BCUT2D eigenvalue weighted by atomic mass is 9.97. The highest BCUT2D eigenvalue weighted by molar-refractivity contribution is 5.15. The topological polar surface area (TPSA) is 32.3 Å². The average Bonchev–Trinajstić information content (AvgIpc) is 2.67. The SMILES string of the molecule is OCC1CC(Cc2ccccc2)CN1. The molecule has 2 heteroatoms. The minimum atomic E-state index is 0.269. The van der Waals surface area contributed by atoms with Gasteiger partial charge in [-0.3, -0.25) is 0 Å². The Kier molecular flexibility index (Phi) is 3.17. The van der Waals surface area contributed by atoms with E-state index in [1.54, 1.807) is 0 Å². The zero-order valence-electron chi connectivity index (χ0n) is 8.32. The summed E-state index contributed by atoms with van der Waals surface area (Å²) in [6.07, 6.45) is 2.23. The van der Waals surface area contributed by atoms with E-state index in [1.807, 2.05) is 6.07 Å². The highest BCUT2D eigenvalue weighted by atomic mass is 16.3. The van der Waals surface area contributed by atoms with E-state index in [0.717, 1.165) is 19.4 Å². The predicted octanol–water partition coefficient (Wildman–Crippen LogP) is 1.20. The number of aliphatic hydroxyl groups excluding tert-OH is 1. The van der Waals surface area contributed by atoms with E-state index < -0.39 is 0 Å². The lowest BCUT2D eigenvalue weighted by Crippen LogP contribution is -2.24. The highest BCUT2D eigenvalue weighted by Crippen LogP contribution is 2.18. The molecule has 1 aromatic rings. The maximum atomic E-state index is 8.99. The number of benzene rings is 1. The van der Waals surface area contributed by atoms with Gasteiger partial charge in [-0.15, -0.1) is 0 Å². The zero-order chi connectivity index (χ0) is 9.80. The molecule has 0 amide bonds. The van der Waals surface area contributed by atoms with Gasteiger partial charge in [-0.25, -0.2) is 0 Å². The van der Waals surface area contributed by atoms with Crippen molar-refractivity contribution < 1.29 is 5.11 Å². The number of rotatable bonds is 3. The van der Waals surface area contributed by atoms with Crippen LogP contribution in [0.1, 0.15) is 12.0 Å². The van der Waals surface area contributed by atoms with Crippen molar-refractivity contribution in [2.24, 2.45) is 5.92 Å². The molecule has 0 aliphatic carbocycles. The van der Waals surface area contributed by atoms with E-state index in [0.29, 0.717) is 12.0 Å². The monoisotopic (exact) mass is 191 g/mol. The molecule has 0 saturated carbocycles. The van der Waals surface area contributed by atoms with Crippen LogP contribution in [0.2, 0.25) is 0 Å². The van der Waals surface area contributed by atoms with Gasteiger partial charge in [0.05, 0.1) is 6.61 Å². The molecular formula is C12H17NO. The van der Waals surface area contributed by atoms with Crippen LogP contribution < -0.4 is 5.32 Å². The van der Waals surface area contributed by atoms with Crippen LogP contribution >= 0.6 is 0 Å². The molecule has 0 bridgehead atoms. The van der Waals surface area contributed by atoms with E-state index >= 15 is 0 Å². The van der Waals surface area contributed by atoms with Crippen molar-refractivity contribution in [3.8, 4) is 0 Å². The van der Waals surface area contributed by atoms with E-state index in [9.17, 15) is 0 Å². The molecule has 0 aromatic heterocycles. The number of aliphatic hydroxyl groups is 1. The van der Waals surface area contributed by atoms with Gasteiger partial charge in [0.15, 0.2) is 0 Å². The van der Waals surface area contributed by atoms with Gasteiger partial charge >= 0.3 is 0 Å². The third kappa shape index (κ3) is 2.34. The quantitative estimate of drug-likeness (QED) is 0.752. The highest BCUT2D eigenvalue weighted by Gasteiger charge is 2.22. The van der Waals surface area contributed by atoms with E-state index in [2.05, 4.69) is 29.6 Å². The minimum absolute atomic E-state index is 0.269. The maximum Gasteiger partial charge on any atom is 0.0584 e. The summed E-state index contributed by atoms with van der Waals surface area (Å²) in [6, 6.07) is 10.9. The van der Waals surface area contributed by atoms with Crippen molar-refractivity contribution in [3.63, 3.8) is 0 Å². The van der Waals surface area contributed by atoms with Crippen molar-refractivity contribution in [1.29, 1.82) is 0 Å². The van der Waals surface area contributed by atoms with Crippen LogP contribution in [0.4, 0.5) is 0 Å². The summed E-state index contributed by atoms with van der Waals surface area (Å²) in [7, 11) is 0. The van der Waals surface area contributed by atoms with Gasteiger partial charge in [-0.05, 0) is 30.9 Å². The Hall–Kier alpha value is -0.860. The largest absolute Gasteiger partial charge is 0.395 e. The first-order chi connectivity index (χ1) is 6.88. The van der Waals surface area contributed by atoms with Gasteiger partial charge in [-0.1, -0.05) is 30.3 Å². The summed E-state index contributed by atoms with van der Waals surface area (Å²) in [5, 5.41) is 12.3. The third-order valence-electron chi connectivity index (χ3n) is 2.90. The number of hydrogen-bond donors (Lipinski definition) is 2. The van der Waals surface area contributed by atoms with Gasteiger partial charge in [-0.2, -0.15) is 0 Å². The van der Waals surface area contributed by atoms with Gasteiger partial charge in [0.1, 0.15) is 0 Å². The van der Waals surface area contributed by atoms with Gasteiger partial charge in [0, 0.05) is 6.04 Å². The fourth-order valence-corrected chi connectivity index (χ4v) is 2.14. The third-order valence-corrected chi connectivity index (χ3v) is 2.90. The summed E-state index contributed by atoms with van der Waals surface area (Å²) in [5.41, 5.74) is 1.40. The predicted molar refractivity (Wildman–Crippen MR) is 57.1 cm³/mol. The van der Waals surface area contributed by atoms with Crippen molar-refractivity contribution in [1.82, 2.24) is 5.32 Å². The Morgan fingerprint density at radius 3 is 2.71 bits per heavy atom. The molecule has 14 heavy (non-hydrogen) atoms. The van der Waals surface area contributed by atoms with E-state index in [1.165, 1.54) is 5.56 Å². The molecule has 2 N–H and O–H groups in total. The van der Waals surface area contributed by atoms with Gasteiger partial charge < -0.3 is 10.4 Å². The maximum absolute atomic E-state index is 8.99. The second-order valence-corrected chi connectivity index (χ2v) is 4.08. The molecule has 2 atom stereocenters. The molecule has 0 spiro atoms. The summed E-state index contributed by atoms with van der Waals surface area (Å²) in [4.78, 5) is 0. The lowest BCUT2D eigenvalue weighted by molar-refractivity contribution is 0.253. The first-order valence-corrected chi connectivity index (χ1v) is 5.26. The second kappa shape index (κ2) is 4.58. The van der Waals surface area contributed by atoms with Crippen molar-refractivity contribution in [2.75, 3.05) is 13.2 Å². The Labute approximate surface area is 85.0 Å². The zero-order valence-corrected chi connectivity index (χ0v) is 8.32. The molecule has 1 aromatic carbocycles. The van der Waals surface area contributed by atoms with Crippen LogP contribution in [0.25, 0.3) is 0 Å². The van der Waals surface area contributed by atoms with Crippen LogP contribution in [0.5, 0.6) is 0 Å². The molecular weight excluding hydrogens is 174 g/mol. The van der Waals surface area contributed by atoms with Crippen LogP contribution in [-0.2, 0) is 6.42 Å². The van der Waals surface area contributed by atoms with Gasteiger partial charge in [0.25, 0.3) is 0 Å².